The fourth-order valence-electron chi connectivity index (χ4n) is 2.57. The molecule has 1 aromatic heterocycles. The average Bonchev–Trinajstić information content (AvgIpc) is 2.74. The van der Waals surface area contributed by atoms with E-state index in [4.69, 9.17) is 0 Å². The Morgan fingerprint density at radius 2 is 1.47 bits per heavy atom. The average molecular weight is 264 g/mol. The fraction of sp³-hybridized carbons (Fsp3) is 0. The van der Waals surface area contributed by atoms with E-state index in [2.05, 4.69) is 0 Å². The molecule has 0 radical (unpaired) electrons. The van der Waals surface area contributed by atoms with Gasteiger partial charge in [0.05, 0.1) is 10.4 Å². The van der Waals surface area contributed by atoms with Crippen LogP contribution >= 0.6 is 11.3 Å². The topological polar surface area (TPSA) is 34.1 Å². The molecule has 3 aromatic rings. The molecular formula is C16H8O2S. The second-order valence-electron chi connectivity index (χ2n) is 4.51. The Morgan fingerprint density at radius 1 is 0.789 bits per heavy atom. The highest BCUT2D eigenvalue weighted by Gasteiger charge is 2.30. The summed E-state index contributed by atoms with van der Waals surface area (Å²) in [6.07, 6.45) is 0. The standard InChI is InChI=1S/C16H8O2S/c17-14-11-7-3-4-8-12(11)19-16-13(14)9-5-1-2-6-10(9)15(16)18/h1-8H. The molecule has 0 spiro atoms. The third-order valence-corrected chi connectivity index (χ3v) is 4.61. The molecule has 0 saturated carbocycles. The van der Waals surface area contributed by atoms with E-state index in [0.29, 0.717) is 21.4 Å². The number of carbonyl (C=O) groups is 1. The summed E-state index contributed by atoms with van der Waals surface area (Å²) in [5.74, 6) is -0.0292. The Bertz CT molecular complexity index is 906. The highest BCUT2D eigenvalue weighted by Crippen LogP contribution is 2.38. The lowest BCUT2D eigenvalue weighted by Crippen LogP contribution is -2.05. The summed E-state index contributed by atoms with van der Waals surface area (Å²) in [5, 5.41) is 0.691. The molecule has 90 valence electrons. The molecule has 0 saturated heterocycles. The summed E-state index contributed by atoms with van der Waals surface area (Å²) in [6, 6.07) is 14.8. The second-order valence-corrected chi connectivity index (χ2v) is 5.56. The molecule has 0 N–H and O–H groups in total. The van der Waals surface area contributed by atoms with Gasteiger partial charge >= 0.3 is 0 Å². The van der Waals surface area contributed by atoms with Crippen molar-refractivity contribution in [2.75, 3.05) is 0 Å². The summed E-state index contributed by atoms with van der Waals surface area (Å²) in [6.45, 7) is 0. The number of fused-ring (bicyclic) bond motifs is 4. The van der Waals surface area contributed by atoms with Crippen molar-refractivity contribution in [2.24, 2.45) is 0 Å². The fourth-order valence-corrected chi connectivity index (χ4v) is 3.71. The zero-order valence-electron chi connectivity index (χ0n) is 9.84. The minimum Gasteiger partial charge on any atom is -0.288 e. The smallest absolute Gasteiger partial charge is 0.204 e. The number of carbonyl (C=O) groups excluding carboxylic acids is 1. The van der Waals surface area contributed by atoms with E-state index < -0.39 is 0 Å². The molecule has 3 heteroatoms. The number of ketones is 1. The molecule has 4 rings (SSSR count). The predicted molar refractivity (Wildman–Crippen MR) is 77.0 cm³/mol. The van der Waals surface area contributed by atoms with Crippen LogP contribution < -0.4 is 5.43 Å². The first-order chi connectivity index (χ1) is 9.27. The van der Waals surface area contributed by atoms with Crippen LogP contribution in [0.4, 0.5) is 0 Å². The largest absolute Gasteiger partial charge is 0.288 e. The minimum atomic E-state index is -0.0392. The van der Waals surface area contributed by atoms with E-state index in [1.54, 1.807) is 6.07 Å². The van der Waals surface area contributed by atoms with Crippen LogP contribution in [0.1, 0.15) is 15.2 Å². The molecule has 0 bridgehead atoms. The third kappa shape index (κ3) is 1.30. The first-order valence-electron chi connectivity index (χ1n) is 5.97. The van der Waals surface area contributed by atoms with Crippen LogP contribution in [0.5, 0.6) is 0 Å². The molecule has 0 unspecified atom stereocenters. The Hall–Kier alpha value is -2.26. The molecule has 0 aliphatic heterocycles. The molecular weight excluding hydrogens is 256 g/mol. The van der Waals surface area contributed by atoms with Gasteiger partial charge in [0.2, 0.25) is 5.78 Å². The van der Waals surface area contributed by atoms with Crippen LogP contribution in [-0.2, 0) is 0 Å². The second kappa shape index (κ2) is 3.62. The van der Waals surface area contributed by atoms with Gasteiger partial charge in [-0.1, -0.05) is 36.4 Å². The first kappa shape index (κ1) is 10.6. The lowest BCUT2D eigenvalue weighted by atomic mass is 10.1. The number of hydrogen-bond acceptors (Lipinski definition) is 3. The molecule has 2 nitrogen and oxygen atoms in total. The number of benzene rings is 2. The van der Waals surface area contributed by atoms with Gasteiger partial charge in [-0.2, -0.15) is 0 Å². The quantitative estimate of drug-likeness (QED) is 0.487. The summed E-state index contributed by atoms with van der Waals surface area (Å²) in [5.41, 5.74) is 1.95. The predicted octanol–water partition coefficient (Wildman–Crippen LogP) is 3.47. The van der Waals surface area contributed by atoms with E-state index >= 15 is 0 Å². The van der Waals surface area contributed by atoms with Gasteiger partial charge in [-0.3, -0.25) is 9.59 Å². The van der Waals surface area contributed by atoms with Crippen molar-refractivity contribution in [3.05, 3.63) is 69.2 Å². The lowest BCUT2D eigenvalue weighted by molar-refractivity contribution is 0.104. The van der Waals surface area contributed by atoms with Crippen molar-refractivity contribution in [3.63, 3.8) is 0 Å². The van der Waals surface area contributed by atoms with Crippen molar-refractivity contribution in [1.29, 1.82) is 0 Å². The zero-order valence-corrected chi connectivity index (χ0v) is 10.7. The van der Waals surface area contributed by atoms with E-state index in [1.165, 1.54) is 11.3 Å². The molecule has 1 aliphatic carbocycles. The Balaban J connectivity index is 2.24. The van der Waals surface area contributed by atoms with Gasteiger partial charge in [-0.05, 0) is 17.7 Å². The van der Waals surface area contributed by atoms with Crippen LogP contribution in [0.3, 0.4) is 0 Å². The van der Waals surface area contributed by atoms with Gasteiger partial charge in [-0.15, -0.1) is 11.3 Å². The van der Waals surface area contributed by atoms with Gasteiger partial charge in [0.25, 0.3) is 0 Å². The van der Waals surface area contributed by atoms with Crippen LogP contribution in [0, 0.1) is 0 Å². The van der Waals surface area contributed by atoms with Gasteiger partial charge in [0, 0.05) is 15.6 Å². The molecule has 0 atom stereocenters. The Kier molecular flexibility index (Phi) is 2.03. The first-order valence-corrected chi connectivity index (χ1v) is 6.79. The van der Waals surface area contributed by atoms with Crippen LogP contribution in [0.15, 0.2) is 53.3 Å². The van der Waals surface area contributed by atoms with E-state index in [9.17, 15) is 9.59 Å². The highest BCUT2D eigenvalue weighted by molar-refractivity contribution is 7.20. The van der Waals surface area contributed by atoms with E-state index in [1.807, 2.05) is 42.5 Å². The molecule has 2 aromatic carbocycles. The minimum absolute atomic E-state index is 0.0292. The summed E-state index contributed by atoms with van der Waals surface area (Å²) < 4.78 is 0.868. The van der Waals surface area contributed by atoms with Crippen molar-refractivity contribution in [3.8, 4) is 11.1 Å². The SMILES string of the molecule is O=C1c2ccccc2-c2c1sc1ccccc1c2=O. The maximum Gasteiger partial charge on any atom is 0.204 e. The normalized spacial score (nSPS) is 12.5. The van der Waals surface area contributed by atoms with Crippen molar-refractivity contribution in [2.45, 2.75) is 0 Å². The van der Waals surface area contributed by atoms with Crippen LogP contribution in [-0.4, -0.2) is 5.78 Å². The maximum absolute atomic E-state index is 12.6. The zero-order chi connectivity index (χ0) is 13.0. The number of rotatable bonds is 0. The molecule has 1 aliphatic rings. The van der Waals surface area contributed by atoms with E-state index in [0.717, 1.165) is 10.3 Å². The van der Waals surface area contributed by atoms with Crippen LogP contribution in [0.25, 0.3) is 21.2 Å². The molecule has 0 fully saturated rings. The van der Waals surface area contributed by atoms with Crippen molar-refractivity contribution in [1.82, 2.24) is 0 Å². The third-order valence-electron chi connectivity index (χ3n) is 3.45. The van der Waals surface area contributed by atoms with Gasteiger partial charge in [-0.25, -0.2) is 0 Å². The summed E-state index contributed by atoms with van der Waals surface area (Å²) >= 11 is 1.41. The van der Waals surface area contributed by atoms with Gasteiger partial charge < -0.3 is 0 Å². The maximum atomic E-state index is 12.6. The van der Waals surface area contributed by atoms with Crippen molar-refractivity contribution >= 4 is 27.2 Å². The number of hydrogen-bond donors (Lipinski definition) is 0. The lowest BCUT2D eigenvalue weighted by Gasteiger charge is -2.01. The summed E-state index contributed by atoms with van der Waals surface area (Å²) in [4.78, 5) is 25.5. The molecule has 19 heavy (non-hydrogen) atoms. The van der Waals surface area contributed by atoms with Crippen LogP contribution in [0.2, 0.25) is 0 Å². The van der Waals surface area contributed by atoms with E-state index in [-0.39, 0.29) is 11.2 Å². The highest BCUT2D eigenvalue weighted by atomic mass is 32.1. The molecule has 0 amide bonds. The molecule has 1 heterocycles. The van der Waals surface area contributed by atoms with Crippen molar-refractivity contribution < 1.29 is 4.79 Å². The monoisotopic (exact) mass is 264 g/mol. The summed E-state index contributed by atoms with van der Waals surface area (Å²) in [7, 11) is 0. The Morgan fingerprint density at radius 3 is 2.32 bits per heavy atom. The Labute approximate surface area is 113 Å². The van der Waals surface area contributed by atoms with Gasteiger partial charge in [0.15, 0.2) is 5.43 Å². The van der Waals surface area contributed by atoms with Gasteiger partial charge in [0.1, 0.15) is 0 Å².